The van der Waals surface area contributed by atoms with Crippen molar-refractivity contribution in [1.82, 2.24) is 15.1 Å². The summed E-state index contributed by atoms with van der Waals surface area (Å²) >= 11 is 0. The van der Waals surface area contributed by atoms with E-state index in [1.807, 2.05) is 6.92 Å². The van der Waals surface area contributed by atoms with Crippen molar-refractivity contribution in [3.8, 4) is 0 Å². The fourth-order valence-electron chi connectivity index (χ4n) is 2.53. The third kappa shape index (κ3) is 4.37. The van der Waals surface area contributed by atoms with Gasteiger partial charge in [0.15, 0.2) is 0 Å². The van der Waals surface area contributed by atoms with Crippen LogP contribution in [0.4, 0.5) is 4.79 Å². The highest BCUT2D eigenvalue weighted by atomic mass is 16.4. The molecular weight excluding hydrogens is 258 g/mol. The molecule has 1 rings (SSSR count). The molecule has 0 aliphatic carbocycles. The van der Waals surface area contributed by atoms with Gasteiger partial charge < -0.3 is 15.3 Å². The van der Waals surface area contributed by atoms with E-state index in [1.165, 1.54) is 0 Å². The van der Waals surface area contributed by atoms with Gasteiger partial charge in [0, 0.05) is 26.2 Å². The van der Waals surface area contributed by atoms with E-state index in [-0.39, 0.29) is 6.03 Å². The van der Waals surface area contributed by atoms with Crippen molar-refractivity contribution in [2.45, 2.75) is 45.6 Å². The van der Waals surface area contributed by atoms with Crippen LogP contribution in [0.25, 0.3) is 0 Å². The molecular formula is C14H27N3O3. The lowest BCUT2D eigenvalue weighted by Crippen LogP contribution is -2.59. The zero-order valence-corrected chi connectivity index (χ0v) is 12.8. The molecule has 0 aromatic heterocycles. The van der Waals surface area contributed by atoms with Gasteiger partial charge in [-0.15, -0.1) is 0 Å². The number of hydrogen-bond donors (Lipinski definition) is 2. The molecule has 0 aromatic carbocycles. The molecule has 0 bridgehead atoms. The molecule has 2 N–H and O–H groups in total. The molecule has 116 valence electrons. The molecule has 1 atom stereocenters. The topological polar surface area (TPSA) is 72.9 Å². The van der Waals surface area contributed by atoms with Crippen LogP contribution in [0, 0.1) is 0 Å². The molecule has 6 nitrogen and oxygen atoms in total. The molecule has 1 fully saturated rings. The van der Waals surface area contributed by atoms with E-state index in [9.17, 15) is 14.7 Å². The summed E-state index contributed by atoms with van der Waals surface area (Å²) in [6.07, 6.45) is 2.26. The minimum Gasteiger partial charge on any atom is -0.480 e. The predicted octanol–water partition coefficient (Wildman–Crippen LogP) is 1.37. The van der Waals surface area contributed by atoms with Gasteiger partial charge in [-0.25, -0.2) is 9.59 Å². The van der Waals surface area contributed by atoms with Gasteiger partial charge in [0.1, 0.15) is 5.54 Å². The molecule has 2 amide bonds. The summed E-state index contributed by atoms with van der Waals surface area (Å²) < 4.78 is 0. The van der Waals surface area contributed by atoms with Crippen molar-refractivity contribution in [2.75, 3.05) is 32.7 Å². The number of aliphatic carboxylic acids is 1. The van der Waals surface area contributed by atoms with Crippen LogP contribution < -0.4 is 5.32 Å². The number of amides is 2. The van der Waals surface area contributed by atoms with Crippen LogP contribution in [-0.4, -0.2) is 65.2 Å². The number of carbonyl (C=O) groups excluding carboxylic acids is 1. The highest BCUT2D eigenvalue weighted by Gasteiger charge is 2.35. The Morgan fingerprint density at radius 3 is 2.20 bits per heavy atom. The number of carbonyl (C=O) groups is 2. The number of nitrogens with zero attached hydrogens (tertiary/aromatic N) is 2. The highest BCUT2D eigenvalue weighted by molar-refractivity contribution is 5.85. The molecule has 20 heavy (non-hydrogen) atoms. The van der Waals surface area contributed by atoms with Gasteiger partial charge in [0.2, 0.25) is 0 Å². The van der Waals surface area contributed by atoms with Crippen molar-refractivity contribution in [1.29, 1.82) is 0 Å². The maximum absolute atomic E-state index is 12.2. The fourth-order valence-corrected chi connectivity index (χ4v) is 2.53. The predicted molar refractivity (Wildman–Crippen MR) is 77.8 cm³/mol. The standard InChI is InChI=1S/C14H27N3O3/c1-4-6-14(3,12(18)19)15-13(20)17-10-8-16(7-5-2)9-11-17/h4-11H2,1-3H3,(H,15,20)(H,18,19). The van der Waals surface area contributed by atoms with Gasteiger partial charge in [-0.05, 0) is 26.3 Å². The largest absolute Gasteiger partial charge is 0.480 e. The van der Waals surface area contributed by atoms with Gasteiger partial charge in [0.25, 0.3) is 0 Å². The number of piperazine rings is 1. The molecule has 0 spiro atoms. The van der Waals surface area contributed by atoms with Crippen molar-refractivity contribution < 1.29 is 14.7 Å². The minimum atomic E-state index is -1.17. The highest BCUT2D eigenvalue weighted by Crippen LogP contribution is 2.14. The summed E-state index contributed by atoms with van der Waals surface area (Å²) in [5, 5.41) is 12.0. The number of rotatable bonds is 6. The van der Waals surface area contributed by atoms with E-state index in [2.05, 4.69) is 17.1 Å². The van der Waals surface area contributed by atoms with Gasteiger partial charge in [-0.2, -0.15) is 0 Å². The lowest BCUT2D eigenvalue weighted by atomic mass is 9.96. The van der Waals surface area contributed by atoms with E-state index in [0.29, 0.717) is 25.9 Å². The third-order valence-electron chi connectivity index (χ3n) is 3.80. The van der Waals surface area contributed by atoms with Gasteiger partial charge in [0.05, 0.1) is 0 Å². The quantitative estimate of drug-likeness (QED) is 0.773. The van der Waals surface area contributed by atoms with Gasteiger partial charge >= 0.3 is 12.0 Å². The Morgan fingerprint density at radius 1 is 1.15 bits per heavy atom. The Hall–Kier alpha value is -1.30. The number of carboxylic acids is 1. The summed E-state index contributed by atoms with van der Waals surface area (Å²) in [5.41, 5.74) is -1.17. The maximum Gasteiger partial charge on any atom is 0.329 e. The SMILES string of the molecule is CCCN1CCN(C(=O)NC(C)(CCC)C(=O)O)CC1. The number of hydrogen-bond acceptors (Lipinski definition) is 3. The number of nitrogens with one attached hydrogen (secondary N) is 1. The Morgan fingerprint density at radius 2 is 1.75 bits per heavy atom. The molecule has 1 aliphatic heterocycles. The van der Waals surface area contributed by atoms with Gasteiger partial charge in [-0.3, -0.25) is 4.90 Å². The first-order valence-corrected chi connectivity index (χ1v) is 7.45. The van der Waals surface area contributed by atoms with Crippen molar-refractivity contribution in [3.05, 3.63) is 0 Å². The van der Waals surface area contributed by atoms with Crippen LogP contribution in [-0.2, 0) is 4.79 Å². The summed E-state index contributed by atoms with van der Waals surface area (Å²) in [4.78, 5) is 27.6. The Labute approximate surface area is 121 Å². The Kier molecular flexibility index (Phi) is 6.26. The van der Waals surface area contributed by atoms with Crippen LogP contribution in [0.1, 0.15) is 40.0 Å². The number of carboxylic acid groups (broad SMARTS) is 1. The summed E-state index contributed by atoms with van der Waals surface area (Å²) in [7, 11) is 0. The zero-order chi connectivity index (χ0) is 15.2. The lowest BCUT2D eigenvalue weighted by Gasteiger charge is -2.36. The van der Waals surface area contributed by atoms with Crippen molar-refractivity contribution >= 4 is 12.0 Å². The van der Waals surface area contributed by atoms with E-state index in [0.717, 1.165) is 26.1 Å². The monoisotopic (exact) mass is 285 g/mol. The van der Waals surface area contributed by atoms with Crippen LogP contribution >= 0.6 is 0 Å². The normalized spacial score (nSPS) is 19.4. The third-order valence-corrected chi connectivity index (χ3v) is 3.80. The first kappa shape index (κ1) is 16.8. The van der Waals surface area contributed by atoms with Gasteiger partial charge in [-0.1, -0.05) is 20.3 Å². The summed E-state index contributed by atoms with van der Waals surface area (Å²) in [5.74, 6) is -0.975. The van der Waals surface area contributed by atoms with Crippen LogP contribution in [0.3, 0.4) is 0 Å². The summed E-state index contributed by atoms with van der Waals surface area (Å²) in [6, 6.07) is -0.264. The van der Waals surface area contributed by atoms with E-state index >= 15 is 0 Å². The zero-order valence-electron chi connectivity index (χ0n) is 12.8. The average molecular weight is 285 g/mol. The molecule has 1 unspecified atom stereocenters. The second-order valence-corrected chi connectivity index (χ2v) is 5.65. The summed E-state index contributed by atoms with van der Waals surface area (Å²) in [6.45, 7) is 9.72. The van der Waals surface area contributed by atoms with E-state index in [1.54, 1.807) is 11.8 Å². The van der Waals surface area contributed by atoms with E-state index in [4.69, 9.17) is 0 Å². The Bertz CT molecular complexity index is 341. The molecule has 0 radical (unpaired) electrons. The second-order valence-electron chi connectivity index (χ2n) is 5.65. The lowest BCUT2D eigenvalue weighted by molar-refractivity contribution is -0.144. The molecule has 1 saturated heterocycles. The number of urea groups is 1. The average Bonchev–Trinajstić information content (AvgIpc) is 2.40. The fraction of sp³-hybridized carbons (Fsp3) is 0.857. The first-order chi connectivity index (χ1) is 9.42. The molecule has 0 saturated carbocycles. The van der Waals surface area contributed by atoms with E-state index < -0.39 is 11.5 Å². The first-order valence-electron chi connectivity index (χ1n) is 7.45. The van der Waals surface area contributed by atoms with Crippen LogP contribution in [0.2, 0.25) is 0 Å². The smallest absolute Gasteiger partial charge is 0.329 e. The van der Waals surface area contributed by atoms with Crippen molar-refractivity contribution in [2.24, 2.45) is 0 Å². The molecule has 0 aromatic rings. The van der Waals surface area contributed by atoms with Crippen LogP contribution in [0.15, 0.2) is 0 Å². The van der Waals surface area contributed by atoms with Crippen molar-refractivity contribution in [3.63, 3.8) is 0 Å². The Balaban J connectivity index is 2.52. The molecule has 1 heterocycles. The minimum absolute atomic E-state index is 0.264. The van der Waals surface area contributed by atoms with Crippen LogP contribution in [0.5, 0.6) is 0 Å². The second kappa shape index (κ2) is 7.47. The maximum atomic E-state index is 12.2. The molecule has 1 aliphatic rings. The molecule has 6 heteroatoms.